The fourth-order valence-electron chi connectivity index (χ4n) is 3.41. The van der Waals surface area contributed by atoms with Crippen LogP contribution in [0.15, 0.2) is 70.0 Å². The van der Waals surface area contributed by atoms with Gasteiger partial charge < -0.3 is 9.47 Å². The van der Waals surface area contributed by atoms with Crippen molar-refractivity contribution in [2.45, 2.75) is 6.54 Å². The Morgan fingerprint density at radius 2 is 1.70 bits per heavy atom. The van der Waals surface area contributed by atoms with Gasteiger partial charge in [0.05, 0.1) is 34.5 Å². The average molecular weight is 586 g/mol. The summed E-state index contributed by atoms with van der Waals surface area (Å²) < 4.78 is 11.8. The van der Waals surface area contributed by atoms with Crippen molar-refractivity contribution in [2.75, 3.05) is 7.11 Å². The number of rotatable bonds is 8. The van der Waals surface area contributed by atoms with Crippen LogP contribution in [0.25, 0.3) is 6.08 Å². The SMILES string of the molecule is COc1cc(/C=C2/SC(=O)N(Cc3ccccc3Br)C2=O)ccc1Oc1ccc([N+](=O)[O-])cc1[N+](=O)[O-]. The first-order chi connectivity index (χ1) is 17.7. The van der Waals surface area contributed by atoms with E-state index in [1.165, 1.54) is 25.3 Å². The number of methoxy groups -OCH3 is 1. The zero-order chi connectivity index (χ0) is 26.7. The van der Waals surface area contributed by atoms with Crippen LogP contribution in [0.5, 0.6) is 17.2 Å². The Bertz CT molecular complexity index is 1480. The van der Waals surface area contributed by atoms with Crippen molar-refractivity contribution in [1.82, 2.24) is 4.90 Å². The van der Waals surface area contributed by atoms with Crippen LogP contribution in [0.1, 0.15) is 11.1 Å². The molecule has 3 aromatic carbocycles. The number of benzene rings is 3. The monoisotopic (exact) mass is 585 g/mol. The van der Waals surface area contributed by atoms with Crippen LogP contribution in [0.4, 0.5) is 16.2 Å². The fraction of sp³-hybridized carbons (Fsp3) is 0.0833. The summed E-state index contributed by atoms with van der Waals surface area (Å²) in [4.78, 5) is 47.6. The zero-order valence-electron chi connectivity index (χ0n) is 19.0. The van der Waals surface area contributed by atoms with E-state index in [2.05, 4.69) is 15.9 Å². The Morgan fingerprint density at radius 3 is 2.38 bits per heavy atom. The lowest BCUT2D eigenvalue weighted by atomic mass is 10.1. The first kappa shape index (κ1) is 25.9. The summed E-state index contributed by atoms with van der Waals surface area (Å²) in [6.45, 7) is 0.119. The smallest absolute Gasteiger partial charge is 0.318 e. The molecule has 1 aliphatic heterocycles. The summed E-state index contributed by atoms with van der Waals surface area (Å²) in [5, 5.41) is 22.0. The lowest BCUT2D eigenvalue weighted by Gasteiger charge is -2.13. The van der Waals surface area contributed by atoms with E-state index in [0.29, 0.717) is 5.56 Å². The Hall–Kier alpha value is -4.23. The molecule has 2 amide bonds. The van der Waals surface area contributed by atoms with Gasteiger partial charge in [0.25, 0.3) is 16.8 Å². The molecule has 11 nitrogen and oxygen atoms in total. The third-order valence-corrected chi connectivity index (χ3v) is 6.90. The highest BCUT2D eigenvalue weighted by Gasteiger charge is 2.35. The number of hydrogen-bond acceptors (Lipinski definition) is 9. The summed E-state index contributed by atoms with van der Waals surface area (Å²) in [5.41, 5.74) is 0.275. The van der Waals surface area contributed by atoms with E-state index >= 15 is 0 Å². The molecule has 0 aromatic heterocycles. The number of nitro groups is 2. The van der Waals surface area contributed by atoms with Gasteiger partial charge in [-0.1, -0.05) is 40.2 Å². The minimum atomic E-state index is -0.784. The highest BCUT2D eigenvalue weighted by Crippen LogP contribution is 2.40. The number of ether oxygens (including phenoxy) is 2. The number of thioether (sulfide) groups is 1. The predicted molar refractivity (Wildman–Crippen MR) is 138 cm³/mol. The van der Waals surface area contributed by atoms with E-state index in [1.807, 2.05) is 24.3 Å². The van der Waals surface area contributed by atoms with Crippen molar-refractivity contribution in [3.63, 3.8) is 0 Å². The Kier molecular flexibility index (Phi) is 7.55. The van der Waals surface area contributed by atoms with E-state index in [-0.39, 0.29) is 28.7 Å². The molecule has 4 rings (SSSR count). The van der Waals surface area contributed by atoms with Gasteiger partial charge in [0, 0.05) is 10.5 Å². The quantitative estimate of drug-likeness (QED) is 0.169. The first-order valence-corrected chi connectivity index (χ1v) is 12.1. The summed E-state index contributed by atoms with van der Waals surface area (Å²) in [6, 6.07) is 14.9. The zero-order valence-corrected chi connectivity index (χ0v) is 21.4. The number of halogens is 1. The Labute approximate surface area is 222 Å². The number of carbonyl (C=O) groups is 2. The normalized spacial score (nSPS) is 14.2. The van der Waals surface area contributed by atoms with Crippen molar-refractivity contribution in [3.05, 3.63) is 101 Å². The highest BCUT2D eigenvalue weighted by molar-refractivity contribution is 9.10. The maximum atomic E-state index is 12.9. The molecule has 0 radical (unpaired) electrons. The van der Waals surface area contributed by atoms with Gasteiger partial charge in [-0.3, -0.25) is 34.7 Å². The summed E-state index contributed by atoms with van der Waals surface area (Å²) in [5.74, 6) is -0.353. The lowest BCUT2D eigenvalue weighted by molar-refractivity contribution is -0.394. The number of amides is 2. The molecule has 13 heteroatoms. The molecule has 0 N–H and O–H groups in total. The maximum absolute atomic E-state index is 12.9. The van der Waals surface area contributed by atoms with Gasteiger partial charge in [-0.15, -0.1) is 0 Å². The van der Waals surface area contributed by atoms with Crippen LogP contribution < -0.4 is 9.47 Å². The number of carbonyl (C=O) groups excluding carboxylic acids is 2. The van der Waals surface area contributed by atoms with Crippen molar-refractivity contribution in [1.29, 1.82) is 0 Å². The molecule has 1 aliphatic rings. The van der Waals surface area contributed by atoms with Crippen LogP contribution in [0.2, 0.25) is 0 Å². The lowest BCUT2D eigenvalue weighted by Crippen LogP contribution is -2.27. The molecule has 0 unspecified atom stereocenters. The van der Waals surface area contributed by atoms with Gasteiger partial charge in [0.15, 0.2) is 11.5 Å². The molecule has 0 saturated carbocycles. The van der Waals surface area contributed by atoms with Gasteiger partial charge in [-0.05, 0) is 53.2 Å². The second-order valence-corrected chi connectivity index (χ2v) is 9.39. The molecule has 3 aromatic rings. The van der Waals surface area contributed by atoms with Gasteiger partial charge >= 0.3 is 5.69 Å². The van der Waals surface area contributed by atoms with Crippen LogP contribution in [0.3, 0.4) is 0 Å². The van der Waals surface area contributed by atoms with Crippen molar-refractivity contribution < 1.29 is 28.9 Å². The predicted octanol–water partition coefficient (Wildman–Crippen LogP) is 6.30. The Morgan fingerprint density at radius 1 is 0.973 bits per heavy atom. The second-order valence-electron chi connectivity index (χ2n) is 7.54. The van der Waals surface area contributed by atoms with Crippen LogP contribution in [0, 0.1) is 20.2 Å². The van der Waals surface area contributed by atoms with Crippen LogP contribution in [-0.4, -0.2) is 33.0 Å². The van der Waals surface area contributed by atoms with Crippen molar-refractivity contribution in [2.24, 2.45) is 0 Å². The molecule has 1 heterocycles. The molecular weight excluding hydrogens is 570 g/mol. The van der Waals surface area contributed by atoms with E-state index < -0.39 is 32.4 Å². The van der Waals surface area contributed by atoms with Crippen molar-refractivity contribution in [3.8, 4) is 17.2 Å². The highest BCUT2D eigenvalue weighted by atomic mass is 79.9. The largest absolute Gasteiger partial charge is 0.493 e. The Balaban J connectivity index is 1.58. The fourth-order valence-corrected chi connectivity index (χ4v) is 4.66. The maximum Gasteiger partial charge on any atom is 0.318 e. The molecule has 0 spiro atoms. The molecular formula is C24H16BrN3O8S. The third-order valence-electron chi connectivity index (χ3n) is 5.22. The minimum Gasteiger partial charge on any atom is -0.493 e. The first-order valence-electron chi connectivity index (χ1n) is 10.5. The van der Waals surface area contributed by atoms with Gasteiger partial charge in [-0.2, -0.15) is 0 Å². The number of nitro benzene ring substituents is 2. The number of non-ortho nitro benzene ring substituents is 1. The number of imide groups is 1. The van der Waals surface area contributed by atoms with E-state index in [0.717, 1.165) is 44.9 Å². The van der Waals surface area contributed by atoms with Crippen LogP contribution >= 0.6 is 27.7 Å². The standard InChI is InChI=1S/C24H16BrN3O8S/c1-35-21-10-14(6-8-20(21)36-19-9-7-16(27(31)32)12-18(19)28(33)34)11-22-23(29)26(24(30)37-22)13-15-4-2-3-5-17(15)25/h2-12H,13H2,1H3/b22-11+. The molecule has 1 fully saturated rings. The van der Waals surface area contributed by atoms with Gasteiger partial charge in [0.2, 0.25) is 5.75 Å². The average Bonchev–Trinajstić information content (AvgIpc) is 3.13. The molecule has 188 valence electrons. The minimum absolute atomic E-state index is 0.110. The van der Waals surface area contributed by atoms with E-state index in [4.69, 9.17) is 9.47 Å². The summed E-state index contributed by atoms with van der Waals surface area (Å²) >= 11 is 4.23. The topological polar surface area (TPSA) is 142 Å². The number of nitrogens with zero attached hydrogens (tertiary/aromatic N) is 3. The summed E-state index contributed by atoms with van der Waals surface area (Å²) in [6.07, 6.45) is 1.53. The molecule has 1 saturated heterocycles. The molecule has 0 atom stereocenters. The van der Waals surface area contributed by atoms with E-state index in [1.54, 1.807) is 6.07 Å². The third kappa shape index (κ3) is 5.62. The second kappa shape index (κ2) is 10.8. The van der Waals surface area contributed by atoms with E-state index in [9.17, 15) is 29.8 Å². The molecule has 37 heavy (non-hydrogen) atoms. The molecule has 0 aliphatic carbocycles. The molecule has 0 bridgehead atoms. The summed E-state index contributed by atoms with van der Waals surface area (Å²) in [7, 11) is 1.36. The van der Waals surface area contributed by atoms with Gasteiger partial charge in [0.1, 0.15) is 0 Å². The van der Waals surface area contributed by atoms with Crippen molar-refractivity contribution >= 4 is 56.3 Å². The van der Waals surface area contributed by atoms with Crippen LogP contribution in [-0.2, 0) is 11.3 Å². The van der Waals surface area contributed by atoms with Gasteiger partial charge in [-0.25, -0.2) is 0 Å². The number of hydrogen-bond donors (Lipinski definition) is 0.